The Bertz CT molecular complexity index is 1300. The van der Waals surface area contributed by atoms with Crippen LogP contribution in [0.3, 0.4) is 0 Å². The second kappa shape index (κ2) is 7.65. The second-order valence-electron chi connectivity index (χ2n) is 7.42. The summed E-state index contributed by atoms with van der Waals surface area (Å²) in [6, 6.07) is 4.24. The minimum absolute atomic E-state index is 0.0295. The number of alkyl halides is 3. The number of aromatic nitrogens is 4. The zero-order chi connectivity index (χ0) is 23.2. The van der Waals surface area contributed by atoms with Crippen LogP contribution >= 0.6 is 0 Å². The molecule has 0 unspecified atom stereocenters. The van der Waals surface area contributed by atoms with Crippen molar-refractivity contribution in [3.8, 4) is 0 Å². The lowest BCUT2D eigenvalue weighted by Gasteiger charge is -2.13. The molecule has 1 aliphatic heterocycles. The Morgan fingerprint density at radius 1 is 1.12 bits per heavy atom. The van der Waals surface area contributed by atoms with E-state index in [2.05, 4.69) is 41.9 Å². The van der Waals surface area contributed by atoms with Crippen LogP contribution in [0.1, 0.15) is 24.0 Å². The first kappa shape index (κ1) is 20.5. The molecule has 2 aromatic heterocycles. The normalized spacial score (nSPS) is 17.2. The van der Waals surface area contributed by atoms with Crippen LogP contribution in [0.5, 0.6) is 0 Å². The van der Waals surface area contributed by atoms with E-state index in [4.69, 9.17) is 0 Å². The fraction of sp³-hybridized carbons (Fsp3) is 0.211. The molecule has 1 aliphatic carbocycles. The van der Waals surface area contributed by atoms with Gasteiger partial charge in [-0.05, 0) is 37.1 Å². The third-order valence-electron chi connectivity index (χ3n) is 4.83. The van der Waals surface area contributed by atoms with Gasteiger partial charge in [-0.2, -0.15) is 32.8 Å². The molecule has 14 heteroatoms. The molecule has 33 heavy (non-hydrogen) atoms. The van der Waals surface area contributed by atoms with Crippen molar-refractivity contribution in [1.82, 2.24) is 30.2 Å². The van der Waals surface area contributed by atoms with Gasteiger partial charge in [-0.15, -0.1) is 0 Å². The van der Waals surface area contributed by atoms with Gasteiger partial charge in [-0.25, -0.2) is 4.79 Å². The van der Waals surface area contributed by atoms with E-state index in [9.17, 15) is 22.8 Å². The molecular formula is C19H16F3N9O2. The van der Waals surface area contributed by atoms with Crippen molar-refractivity contribution in [2.24, 2.45) is 0 Å². The van der Waals surface area contributed by atoms with Gasteiger partial charge < -0.3 is 10.6 Å². The highest BCUT2D eigenvalue weighted by atomic mass is 19.4. The zero-order valence-corrected chi connectivity index (χ0v) is 16.7. The number of benzene rings is 1. The van der Waals surface area contributed by atoms with Gasteiger partial charge in [-0.3, -0.25) is 21.0 Å². The molecule has 5 N–H and O–H groups in total. The summed E-state index contributed by atoms with van der Waals surface area (Å²) in [5.74, 6) is -0.169. The molecule has 0 bridgehead atoms. The first-order valence-electron chi connectivity index (χ1n) is 9.82. The van der Waals surface area contributed by atoms with Crippen LogP contribution in [0, 0.1) is 0 Å². The van der Waals surface area contributed by atoms with Crippen LogP contribution in [0.15, 0.2) is 36.2 Å². The summed E-state index contributed by atoms with van der Waals surface area (Å²) in [6.07, 6.45) is 0.315. The number of nitrogens with one attached hydrogen (secondary N) is 5. The average molecular weight is 459 g/mol. The molecule has 1 aromatic carbocycles. The van der Waals surface area contributed by atoms with Crippen LogP contribution in [-0.2, 0) is 11.0 Å². The summed E-state index contributed by atoms with van der Waals surface area (Å²) in [4.78, 5) is 31.9. The summed E-state index contributed by atoms with van der Waals surface area (Å²) in [5.41, 5.74) is 5.48. The van der Waals surface area contributed by atoms with Gasteiger partial charge in [0.15, 0.2) is 5.65 Å². The van der Waals surface area contributed by atoms with E-state index < -0.39 is 23.7 Å². The van der Waals surface area contributed by atoms with Crippen molar-refractivity contribution >= 4 is 41.2 Å². The summed E-state index contributed by atoms with van der Waals surface area (Å²) < 4.78 is 40.3. The zero-order valence-electron chi connectivity index (χ0n) is 16.7. The van der Waals surface area contributed by atoms with E-state index in [0.717, 1.165) is 25.0 Å². The number of hydrogen-bond donors (Lipinski definition) is 5. The van der Waals surface area contributed by atoms with Gasteiger partial charge >= 0.3 is 12.2 Å². The number of amides is 3. The highest BCUT2D eigenvalue weighted by Gasteiger charge is 2.30. The van der Waals surface area contributed by atoms with E-state index in [1.54, 1.807) is 0 Å². The van der Waals surface area contributed by atoms with Crippen LogP contribution in [0.2, 0.25) is 0 Å². The highest BCUT2D eigenvalue weighted by molar-refractivity contribution is 6.14. The Kier molecular flexibility index (Phi) is 4.76. The summed E-state index contributed by atoms with van der Waals surface area (Å²) in [7, 11) is 0. The number of carbonyl (C=O) groups is 2. The summed E-state index contributed by atoms with van der Waals surface area (Å²) in [5, 5.41) is 12.0. The third kappa shape index (κ3) is 4.35. The molecule has 3 aromatic rings. The van der Waals surface area contributed by atoms with Crippen molar-refractivity contribution in [2.75, 3.05) is 16.2 Å². The first-order chi connectivity index (χ1) is 15.8. The fourth-order valence-corrected chi connectivity index (χ4v) is 3.10. The predicted molar refractivity (Wildman–Crippen MR) is 111 cm³/mol. The van der Waals surface area contributed by atoms with Gasteiger partial charge in [0, 0.05) is 11.6 Å². The van der Waals surface area contributed by atoms with Crippen molar-refractivity contribution in [3.63, 3.8) is 0 Å². The molecular weight excluding hydrogens is 443 g/mol. The number of carbonyl (C=O) groups excluding carboxylic acids is 2. The topological polar surface area (TPSA) is 137 Å². The molecule has 0 radical (unpaired) electrons. The number of hydrazine groups is 1. The smallest absolute Gasteiger partial charge is 0.351 e. The van der Waals surface area contributed by atoms with Crippen molar-refractivity contribution in [1.29, 1.82) is 0 Å². The number of nitrogens with zero attached hydrogens (tertiary/aromatic N) is 4. The molecule has 3 heterocycles. The average Bonchev–Trinajstić information content (AvgIpc) is 3.40. The molecule has 2 aliphatic rings. The SMILES string of the molecule is O=C1NC(=O)/C(=C/c2cnn3c(NC4CC4)nc(NNc4cccc(C(F)(F)F)c4)nc23)N1. The van der Waals surface area contributed by atoms with E-state index in [-0.39, 0.29) is 23.4 Å². The maximum Gasteiger partial charge on any atom is 0.416 e. The van der Waals surface area contributed by atoms with Gasteiger partial charge in [0.2, 0.25) is 11.9 Å². The summed E-state index contributed by atoms with van der Waals surface area (Å²) in [6.45, 7) is 0. The Balaban J connectivity index is 1.46. The quantitative estimate of drug-likeness (QED) is 0.215. The standard InChI is InChI=1S/C19H16F3N9O2/c20-19(21,22)10-2-1-3-12(7-10)29-30-16-26-14-9(6-13-15(32)27-18(33)25-13)8-23-31(14)17(28-16)24-11-4-5-11/h1-3,6-8,11,29H,4-5H2,(H2,24,26,28,30)(H2,25,27,32,33)/b13-6-. The first-order valence-corrected chi connectivity index (χ1v) is 9.82. The molecule has 0 atom stereocenters. The van der Waals surface area contributed by atoms with E-state index in [1.807, 2.05) is 0 Å². The summed E-state index contributed by atoms with van der Waals surface area (Å²) >= 11 is 0. The van der Waals surface area contributed by atoms with Crippen LogP contribution in [-0.4, -0.2) is 37.6 Å². The number of rotatable bonds is 6. The molecule has 3 amide bonds. The Morgan fingerprint density at radius 2 is 1.94 bits per heavy atom. The van der Waals surface area contributed by atoms with Crippen LogP contribution < -0.4 is 26.8 Å². The number of hydrogen-bond acceptors (Lipinski definition) is 8. The fourth-order valence-electron chi connectivity index (χ4n) is 3.10. The molecule has 0 spiro atoms. The van der Waals surface area contributed by atoms with Gasteiger partial charge in [0.1, 0.15) is 5.70 Å². The maximum absolute atomic E-state index is 13.0. The molecule has 170 valence electrons. The van der Waals surface area contributed by atoms with Crippen molar-refractivity contribution in [2.45, 2.75) is 25.1 Å². The van der Waals surface area contributed by atoms with Crippen molar-refractivity contribution < 1.29 is 22.8 Å². The van der Waals surface area contributed by atoms with E-state index in [0.29, 0.717) is 17.2 Å². The maximum atomic E-state index is 13.0. The largest absolute Gasteiger partial charge is 0.416 e. The second-order valence-corrected chi connectivity index (χ2v) is 7.42. The van der Waals surface area contributed by atoms with E-state index >= 15 is 0 Å². The van der Waals surface area contributed by atoms with Gasteiger partial charge in [-0.1, -0.05) is 6.07 Å². The highest BCUT2D eigenvalue weighted by Crippen LogP contribution is 2.31. The minimum Gasteiger partial charge on any atom is -0.351 e. The Hall–Kier alpha value is -4.36. The van der Waals surface area contributed by atoms with Crippen molar-refractivity contribution in [3.05, 3.63) is 47.3 Å². The molecule has 2 fully saturated rings. The number of anilines is 3. The van der Waals surface area contributed by atoms with Gasteiger partial charge in [0.25, 0.3) is 5.91 Å². The molecule has 5 rings (SSSR count). The predicted octanol–water partition coefficient (Wildman–Crippen LogP) is 2.34. The third-order valence-corrected chi connectivity index (χ3v) is 4.83. The Morgan fingerprint density at radius 3 is 2.64 bits per heavy atom. The lowest BCUT2D eigenvalue weighted by molar-refractivity contribution is -0.137. The molecule has 1 saturated carbocycles. The lowest BCUT2D eigenvalue weighted by Crippen LogP contribution is -2.22. The number of urea groups is 1. The lowest BCUT2D eigenvalue weighted by atomic mass is 10.2. The number of fused-ring (bicyclic) bond motifs is 1. The number of halogens is 3. The van der Waals surface area contributed by atoms with Crippen LogP contribution in [0.25, 0.3) is 11.7 Å². The minimum atomic E-state index is -4.48. The molecule has 11 nitrogen and oxygen atoms in total. The van der Waals surface area contributed by atoms with E-state index in [1.165, 1.54) is 28.9 Å². The molecule has 1 saturated heterocycles. The monoisotopic (exact) mass is 459 g/mol. The Labute approximate surface area is 183 Å². The number of imide groups is 1. The van der Waals surface area contributed by atoms with Crippen LogP contribution in [0.4, 0.5) is 35.5 Å². The van der Waals surface area contributed by atoms with Gasteiger partial charge in [0.05, 0.1) is 17.4 Å².